The zero-order chi connectivity index (χ0) is 31.0. The predicted molar refractivity (Wildman–Crippen MR) is 162 cm³/mol. The van der Waals surface area contributed by atoms with Gasteiger partial charge < -0.3 is 31.3 Å². The number of hydrogen-bond donors (Lipinski definition) is 4. The van der Waals surface area contributed by atoms with E-state index in [0.29, 0.717) is 36.9 Å². The lowest BCUT2D eigenvalue weighted by molar-refractivity contribution is -0.140. The Morgan fingerprint density at radius 2 is 1.79 bits per heavy atom. The van der Waals surface area contributed by atoms with Crippen LogP contribution in [0.25, 0.3) is 0 Å². The van der Waals surface area contributed by atoms with Gasteiger partial charge in [0.2, 0.25) is 27.7 Å². The van der Waals surface area contributed by atoms with Crippen LogP contribution in [0.1, 0.15) is 36.0 Å². The third-order valence-corrected chi connectivity index (χ3v) is 9.18. The van der Waals surface area contributed by atoms with Crippen LogP contribution >= 0.6 is 11.6 Å². The quantitative estimate of drug-likeness (QED) is 0.260. The number of carbonyl (C=O) groups excluding carboxylic acids is 3. The molecule has 0 saturated carbocycles. The van der Waals surface area contributed by atoms with E-state index in [-0.39, 0.29) is 50.6 Å². The smallest absolute Gasteiger partial charge is 0.243 e. The number of nitrogens with zero attached hydrogens (tertiary/aromatic N) is 2. The molecule has 0 aromatic heterocycles. The van der Waals surface area contributed by atoms with Gasteiger partial charge >= 0.3 is 0 Å². The number of sulfonamides is 1. The number of nitrogens with one attached hydrogen (secondary N) is 2. The maximum absolute atomic E-state index is 13.9. The summed E-state index contributed by atoms with van der Waals surface area (Å²) in [6, 6.07) is 11.1. The number of likely N-dealkylation sites (tertiary alicyclic amines) is 1. The summed E-state index contributed by atoms with van der Waals surface area (Å²) in [6.07, 6.45) is 0.0657. The van der Waals surface area contributed by atoms with Crippen molar-refractivity contribution in [3.05, 3.63) is 70.2 Å². The summed E-state index contributed by atoms with van der Waals surface area (Å²) in [4.78, 5) is 43.1. The van der Waals surface area contributed by atoms with E-state index in [0.717, 1.165) is 11.1 Å². The van der Waals surface area contributed by atoms with E-state index < -0.39 is 40.0 Å². The number of rotatable bonds is 12. The number of hydrogen-bond acceptors (Lipinski definition) is 8. The lowest BCUT2D eigenvalue weighted by atomic mass is 10.1. The molecule has 0 radical (unpaired) electrons. The third-order valence-electron chi connectivity index (χ3n) is 7.59. The standard InChI is InChI=1S/C29H39ClN6O6S/c30-23-7-6-21(16-31)22(14-23)17-33-28(38)26-15-24(32)18-36(26)29(39)25(8-9-27(37)35-10-12-42-13-11-35)34-43(40,41)19-20-4-2-1-3-5-20/h1-7,14,24-26,34H,8-13,15-19,31-32H2,(H,33,38)/t24-,25+,26-/m0/s1. The molecule has 0 aliphatic carbocycles. The van der Waals surface area contributed by atoms with Gasteiger partial charge in [-0.1, -0.05) is 48.0 Å². The summed E-state index contributed by atoms with van der Waals surface area (Å²) >= 11 is 6.13. The van der Waals surface area contributed by atoms with Crippen LogP contribution in [0.3, 0.4) is 0 Å². The maximum atomic E-state index is 13.9. The number of ether oxygens (including phenoxy) is 1. The average molecular weight is 635 g/mol. The van der Waals surface area contributed by atoms with Gasteiger partial charge in [0.15, 0.2) is 0 Å². The molecule has 14 heteroatoms. The van der Waals surface area contributed by atoms with Crippen molar-refractivity contribution in [2.24, 2.45) is 11.5 Å². The summed E-state index contributed by atoms with van der Waals surface area (Å²) < 4.78 is 34.2. The first kappa shape index (κ1) is 32.8. The van der Waals surface area contributed by atoms with Gasteiger partial charge in [0.05, 0.1) is 19.0 Å². The zero-order valence-corrected chi connectivity index (χ0v) is 25.5. The summed E-state index contributed by atoms with van der Waals surface area (Å²) in [5, 5.41) is 3.35. The highest BCUT2D eigenvalue weighted by Gasteiger charge is 2.41. The second kappa shape index (κ2) is 15.1. The monoisotopic (exact) mass is 634 g/mol. The highest BCUT2D eigenvalue weighted by molar-refractivity contribution is 7.88. The molecule has 3 atom stereocenters. The molecule has 2 heterocycles. The van der Waals surface area contributed by atoms with Crippen molar-refractivity contribution >= 4 is 39.3 Å². The molecule has 6 N–H and O–H groups in total. The Morgan fingerprint density at radius 3 is 2.49 bits per heavy atom. The zero-order valence-electron chi connectivity index (χ0n) is 23.9. The van der Waals surface area contributed by atoms with Crippen molar-refractivity contribution in [2.45, 2.75) is 56.2 Å². The van der Waals surface area contributed by atoms with Crippen LogP contribution in [0.15, 0.2) is 48.5 Å². The molecule has 12 nitrogen and oxygen atoms in total. The van der Waals surface area contributed by atoms with Gasteiger partial charge in [0, 0.05) is 50.2 Å². The predicted octanol–water partition coefficient (Wildman–Crippen LogP) is 0.470. The number of nitrogens with two attached hydrogens (primary N) is 2. The molecule has 0 unspecified atom stereocenters. The van der Waals surface area contributed by atoms with Crippen molar-refractivity contribution in [3.63, 3.8) is 0 Å². The van der Waals surface area contributed by atoms with Crippen LogP contribution in [0.5, 0.6) is 0 Å². The molecular weight excluding hydrogens is 596 g/mol. The fourth-order valence-electron chi connectivity index (χ4n) is 5.34. The molecule has 0 spiro atoms. The second-order valence-electron chi connectivity index (χ2n) is 10.8. The lowest BCUT2D eigenvalue weighted by Gasteiger charge is -2.30. The minimum absolute atomic E-state index is 0.0579. The van der Waals surface area contributed by atoms with Crippen molar-refractivity contribution in [3.8, 4) is 0 Å². The van der Waals surface area contributed by atoms with Crippen molar-refractivity contribution in [2.75, 3.05) is 32.8 Å². The molecule has 2 aliphatic rings. The summed E-state index contributed by atoms with van der Waals surface area (Å²) in [5.41, 5.74) is 14.1. The molecule has 0 bridgehead atoms. The molecule has 3 amide bonds. The summed E-state index contributed by atoms with van der Waals surface area (Å²) in [7, 11) is -3.99. The number of benzene rings is 2. The van der Waals surface area contributed by atoms with Gasteiger partial charge in [0.1, 0.15) is 12.1 Å². The van der Waals surface area contributed by atoms with Gasteiger partial charge in [-0.15, -0.1) is 0 Å². The van der Waals surface area contributed by atoms with E-state index >= 15 is 0 Å². The first-order valence-electron chi connectivity index (χ1n) is 14.3. The van der Waals surface area contributed by atoms with Crippen molar-refractivity contribution < 1.29 is 27.5 Å². The normalized spacial score (nSPS) is 19.7. The fraction of sp³-hybridized carbons (Fsp3) is 0.483. The number of carbonyl (C=O) groups is 3. The van der Waals surface area contributed by atoms with E-state index in [9.17, 15) is 22.8 Å². The number of halogens is 1. The van der Waals surface area contributed by atoms with Crippen LogP contribution in [-0.4, -0.2) is 86.9 Å². The van der Waals surface area contributed by atoms with E-state index in [2.05, 4.69) is 10.0 Å². The SMILES string of the molecule is NCc1ccc(Cl)cc1CNC(=O)[C@@H]1C[C@H](N)CN1C(=O)[C@@H](CCC(=O)N1CCOCC1)NS(=O)(=O)Cc1ccccc1. The molecule has 2 aliphatic heterocycles. The summed E-state index contributed by atoms with van der Waals surface area (Å²) in [5.74, 6) is -1.58. The Morgan fingerprint density at radius 1 is 1.07 bits per heavy atom. The van der Waals surface area contributed by atoms with Crippen LogP contribution in [0.4, 0.5) is 0 Å². The van der Waals surface area contributed by atoms with Crippen LogP contribution in [0.2, 0.25) is 5.02 Å². The molecule has 234 valence electrons. The molecule has 4 rings (SSSR count). The van der Waals surface area contributed by atoms with E-state index in [1.165, 1.54) is 4.90 Å². The Hall–Kier alpha value is -3.07. The minimum atomic E-state index is -3.99. The van der Waals surface area contributed by atoms with E-state index in [4.69, 9.17) is 27.8 Å². The Labute approximate surface area is 257 Å². The largest absolute Gasteiger partial charge is 0.378 e. The first-order valence-corrected chi connectivity index (χ1v) is 16.3. The molecular formula is C29H39ClN6O6S. The van der Waals surface area contributed by atoms with Gasteiger partial charge in [-0.25, -0.2) is 13.1 Å². The maximum Gasteiger partial charge on any atom is 0.243 e. The van der Waals surface area contributed by atoms with Crippen LogP contribution < -0.4 is 21.5 Å². The Balaban J connectivity index is 1.49. The highest BCUT2D eigenvalue weighted by Crippen LogP contribution is 2.22. The second-order valence-corrected chi connectivity index (χ2v) is 13.0. The third kappa shape index (κ3) is 9.21. The lowest BCUT2D eigenvalue weighted by Crippen LogP contribution is -2.54. The minimum Gasteiger partial charge on any atom is -0.378 e. The fourth-order valence-corrected chi connectivity index (χ4v) is 6.90. The van der Waals surface area contributed by atoms with Crippen molar-refractivity contribution in [1.82, 2.24) is 19.8 Å². The first-order chi connectivity index (χ1) is 20.6. The highest BCUT2D eigenvalue weighted by atomic mass is 35.5. The number of morpholine rings is 1. The van der Waals surface area contributed by atoms with Gasteiger partial charge in [-0.05, 0) is 41.7 Å². The van der Waals surface area contributed by atoms with Crippen molar-refractivity contribution in [1.29, 1.82) is 0 Å². The topological polar surface area (TPSA) is 177 Å². The average Bonchev–Trinajstić information content (AvgIpc) is 3.39. The Kier molecular flexibility index (Phi) is 11.5. The van der Waals surface area contributed by atoms with Gasteiger partial charge in [-0.3, -0.25) is 14.4 Å². The summed E-state index contributed by atoms with van der Waals surface area (Å²) in [6.45, 7) is 2.16. The molecule has 2 aromatic carbocycles. The molecule has 2 fully saturated rings. The van der Waals surface area contributed by atoms with Gasteiger partial charge in [0.25, 0.3) is 0 Å². The van der Waals surface area contributed by atoms with E-state index in [1.807, 2.05) is 0 Å². The van der Waals surface area contributed by atoms with E-state index in [1.54, 1.807) is 53.4 Å². The molecule has 43 heavy (non-hydrogen) atoms. The Bertz CT molecular complexity index is 1390. The number of amides is 3. The van der Waals surface area contributed by atoms with Crippen LogP contribution in [0, 0.1) is 0 Å². The van der Waals surface area contributed by atoms with Gasteiger partial charge in [-0.2, -0.15) is 0 Å². The molecule has 2 aromatic rings. The molecule has 2 saturated heterocycles. The van der Waals surface area contributed by atoms with Crippen LogP contribution in [-0.2, 0) is 48.0 Å².